The molecular weight excluding hydrogens is 254 g/mol. The lowest BCUT2D eigenvalue weighted by molar-refractivity contribution is 0.602. The van der Waals surface area contributed by atoms with Crippen LogP contribution in [-0.2, 0) is 0 Å². The fourth-order valence-electron chi connectivity index (χ4n) is 2.28. The summed E-state index contributed by atoms with van der Waals surface area (Å²) >= 11 is 0. The van der Waals surface area contributed by atoms with Gasteiger partial charge in [0.15, 0.2) is 12.0 Å². The molecule has 20 heavy (non-hydrogen) atoms. The van der Waals surface area contributed by atoms with Crippen LogP contribution in [0.3, 0.4) is 0 Å². The van der Waals surface area contributed by atoms with Crippen molar-refractivity contribution >= 4 is 33.5 Å². The molecule has 3 heterocycles. The molecule has 0 saturated heterocycles. The van der Waals surface area contributed by atoms with Crippen LogP contribution in [0.25, 0.3) is 22.0 Å². The van der Waals surface area contributed by atoms with Crippen LogP contribution in [0.4, 0.5) is 11.5 Å². The Labute approximate surface area is 113 Å². The van der Waals surface area contributed by atoms with Crippen molar-refractivity contribution in [1.29, 1.82) is 0 Å². The van der Waals surface area contributed by atoms with Gasteiger partial charge in [0, 0.05) is 23.6 Å². The van der Waals surface area contributed by atoms with Crippen LogP contribution in [0.1, 0.15) is 5.69 Å². The van der Waals surface area contributed by atoms with Gasteiger partial charge >= 0.3 is 0 Å². The van der Waals surface area contributed by atoms with Crippen molar-refractivity contribution in [3.63, 3.8) is 0 Å². The standard InChI is InChI=1S/C14H11N5O/c1-8-13-11(19-18-8)4-5-15-14(13)17-9-2-3-10-12(6-9)20-7-16-10/h2-7H,1H3,(H,15,17)(H,18,19). The van der Waals surface area contributed by atoms with Crippen LogP contribution in [0.15, 0.2) is 41.3 Å². The first-order valence-electron chi connectivity index (χ1n) is 6.21. The summed E-state index contributed by atoms with van der Waals surface area (Å²) in [4.78, 5) is 8.48. The molecule has 4 rings (SSSR count). The smallest absolute Gasteiger partial charge is 0.181 e. The zero-order chi connectivity index (χ0) is 13.5. The Morgan fingerprint density at radius 1 is 1.15 bits per heavy atom. The third-order valence-electron chi connectivity index (χ3n) is 3.24. The van der Waals surface area contributed by atoms with Gasteiger partial charge in [-0.1, -0.05) is 0 Å². The molecule has 0 radical (unpaired) electrons. The van der Waals surface area contributed by atoms with Crippen LogP contribution in [-0.4, -0.2) is 20.2 Å². The molecule has 6 nitrogen and oxygen atoms in total. The average Bonchev–Trinajstić information content (AvgIpc) is 3.06. The summed E-state index contributed by atoms with van der Waals surface area (Å²) < 4.78 is 5.30. The highest BCUT2D eigenvalue weighted by molar-refractivity contribution is 5.93. The number of oxazole rings is 1. The van der Waals surface area contributed by atoms with Crippen LogP contribution in [0, 0.1) is 6.92 Å². The van der Waals surface area contributed by atoms with Crippen molar-refractivity contribution in [2.75, 3.05) is 5.32 Å². The lowest BCUT2D eigenvalue weighted by atomic mass is 10.2. The molecule has 0 atom stereocenters. The van der Waals surface area contributed by atoms with Crippen molar-refractivity contribution in [2.24, 2.45) is 0 Å². The summed E-state index contributed by atoms with van der Waals surface area (Å²) in [5.41, 5.74) is 4.35. The highest BCUT2D eigenvalue weighted by atomic mass is 16.3. The molecule has 0 aliphatic carbocycles. The third kappa shape index (κ3) is 1.62. The number of nitrogens with one attached hydrogen (secondary N) is 2. The first-order chi connectivity index (χ1) is 9.81. The number of aromatic nitrogens is 4. The Bertz CT molecular complexity index is 908. The molecule has 0 saturated carbocycles. The van der Waals surface area contributed by atoms with E-state index < -0.39 is 0 Å². The molecule has 0 aliphatic heterocycles. The van der Waals surface area contributed by atoms with Gasteiger partial charge in [-0.05, 0) is 25.1 Å². The second-order valence-electron chi connectivity index (χ2n) is 4.56. The maximum atomic E-state index is 5.30. The molecule has 0 fully saturated rings. The Morgan fingerprint density at radius 3 is 3.05 bits per heavy atom. The molecule has 0 bridgehead atoms. The number of anilines is 2. The number of H-pyrrole nitrogens is 1. The van der Waals surface area contributed by atoms with E-state index in [9.17, 15) is 0 Å². The molecule has 4 aromatic rings. The minimum absolute atomic E-state index is 0.742. The first-order valence-corrected chi connectivity index (χ1v) is 6.21. The minimum atomic E-state index is 0.742. The van der Waals surface area contributed by atoms with Gasteiger partial charge in [-0.15, -0.1) is 0 Å². The first kappa shape index (κ1) is 11.0. The number of hydrogen-bond donors (Lipinski definition) is 2. The van der Waals surface area contributed by atoms with Crippen molar-refractivity contribution < 1.29 is 4.42 Å². The predicted molar refractivity (Wildman–Crippen MR) is 75.9 cm³/mol. The second-order valence-corrected chi connectivity index (χ2v) is 4.56. The zero-order valence-electron chi connectivity index (χ0n) is 10.7. The number of benzene rings is 1. The van der Waals surface area contributed by atoms with Crippen LogP contribution < -0.4 is 5.32 Å². The average molecular weight is 265 g/mol. The van der Waals surface area contributed by atoms with Crippen molar-refractivity contribution in [1.82, 2.24) is 20.2 Å². The van der Waals surface area contributed by atoms with Gasteiger partial charge in [-0.2, -0.15) is 5.10 Å². The fourth-order valence-corrected chi connectivity index (χ4v) is 2.28. The molecule has 0 amide bonds. The van der Waals surface area contributed by atoms with Crippen LogP contribution in [0.5, 0.6) is 0 Å². The highest BCUT2D eigenvalue weighted by Gasteiger charge is 2.09. The molecule has 98 valence electrons. The lowest BCUT2D eigenvalue weighted by Crippen LogP contribution is -1.94. The third-order valence-corrected chi connectivity index (χ3v) is 3.24. The quantitative estimate of drug-likeness (QED) is 0.582. The van der Waals surface area contributed by atoms with Gasteiger partial charge in [-0.3, -0.25) is 5.10 Å². The normalized spacial score (nSPS) is 11.2. The van der Waals surface area contributed by atoms with Gasteiger partial charge < -0.3 is 9.73 Å². The van der Waals surface area contributed by atoms with E-state index in [1.807, 2.05) is 31.2 Å². The van der Waals surface area contributed by atoms with Gasteiger partial charge in [0.25, 0.3) is 0 Å². The summed E-state index contributed by atoms with van der Waals surface area (Å²) in [6, 6.07) is 7.63. The van der Waals surface area contributed by atoms with Gasteiger partial charge in [-0.25, -0.2) is 9.97 Å². The summed E-state index contributed by atoms with van der Waals surface area (Å²) in [7, 11) is 0. The second kappa shape index (κ2) is 4.06. The maximum Gasteiger partial charge on any atom is 0.181 e. The van der Waals surface area contributed by atoms with E-state index in [4.69, 9.17) is 4.42 Å². The molecule has 3 aromatic heterocycles. The van der Waals surface area contributed by atoms with Gasteiger partial charge in [0.1, 0.15) is 11.3 Å². The largest absolute Gasteiger partial charge is 0.443 e. The zero-order valence-corrected chi connectivity index (χ0v) is 10.7. The van der Waals surface area contributed by atoms with E-state index in [-0.39, 0.29) is 0 Å². The molecule has 0 aliphatic rings. The summed E-state index contributed by atoms with van der Waals surface area (Å²) in [6.45, 7) is 1.97. The van der Waals surface area contributed by atoms with Gasteiger partial charge in [0.2, 0.25) is 0 Å². The van der Waals surface area contributed by atoms with Crippen molar-refractivity contribution in [3.8, 4) is 0 Å². The van der Waals surface area contributed by atoms with Crippen LogP contribution >= 0.6 is 0 Å². The molecule has 0 unspecified atom stereocenters. The van der Waals surface area contributed by atoms with E-state index >= 15 is 0 Å². The lowest BCUT2D eigenvalue weighted by Gasteiger charge is -2.06. The molecular formula is C14H11N5O. The van der Waals surface area contributed by atoms with Gasteiger partial charge in [0.05, 0.1) is 10.9 Å². The van der Waals surface area contributed by atoms with Crippen molar-refractivity contribution in [3.05, 3.63) is 42.5 Å². The number of aromatic amines is 1. The Balaban J connectivity index is 1.81. The Hall–Kier alpha value is -2.89. The molecule has 2 N–H and O–H groups in total. The number of nitrogens with zero attached hydrogens (tertiary/aromatic N) is 3. The number of pyridine rings is 1. The van der Waals surface area contributed by atoms with E-state index in [0.29, 0.717) is 0 Å². The number of hydrogen-bond acceptors (Lipinski definition) is 5. The molecule has 1 aromatic carbocycles. The maximum absolute atomic E-state index is 5.30. The number of aryl methyl sites for hydroxylation is 1. The van der Waals surface area contributed by atoms with E-state index in [1.54, 1.807) is 6.20 Å². The van der Waals surface area contributed by atoms with E-state index in [2.05, 4.69) is 25.5 Å². The summed E-state index contributed by atoms with van der Waals surface area (Å²) in [5.74, 6) is 0.771. The number of rotatable bonds is 2. The SMILES string of the molecule is Cc1[nH]nc2ccnc(Nc3ccc4ncoc4c3)c12. The van der Waals surface area contributed by atoms with Crippen molar-refractivity contribution in [2.45, 2.75) is 6.92 Å². The topological polar surface area (TPSA) is 79.6 Å². The summed E-state index contributed by atoms with van der Waals surface area (Å²) in [5, 5.41) is 11.5. The predicted octanol–water partition coefficient (Wildman–Crippen LogP) is 3.15. The van der Waals surface area contributed by atoms with E-state index in [0.717, 1.165) is 39.2 Å². The highest BCUT2D eigenvalue weighted by Crippen LogP contribution is 2.26. The monoisotopic (exact) mass is 265 g/mol. The molecule has 0 spiro atoms. The Kier molecular flexibility index (Phi) is 2.23. The summed E-state index contributed by atoms with van der Waals surface area (Å²) in [6.07, 6.45) is 3.17. The Morgan fingerprint density at radius 2 is 2.10 bits per heavy atom. The van der Waals surface area contributed by atoms with E-state index in [1.165, 1.54) is 6.39 Å². The number of fused-ring (bicyclic) bond motifs is 2. The minimum Gasteiger partial charge on any atom is -0.443 e. The molecule has 6 heteroatoms. The van der Waals surface area contributed by atoms with Crippen LogP contribution in [0.2, 0.25) is 0 Å². The fraction of sp³-hybridized carbons (Fsp3) is 0.0714.